The second-order valence-corrected chi connectivity index (χ2v) is 4.29. The van der Waals surface area contributed by atoms with Gasteiger partial charge in [-0.1, -0.05) is 22.9 Å². The number of hydrogen-bond acceptors (Lipinski definition) is 3. The van der Waals surface area contributed by atoms with Gasteiger partial charge in [-0.15, -0.1) is 5.10 Å². The van der Waals surface area contributed by atoms with E-state index in [1.54, 1.807) is 19.1 Å². The van der Waals surface area contributed by atoms with Crippen LogP contribution in [0.1, 0.15) is 17.0 Å². The van der Waals surface area contributed by atoms with Crippen LogP contribution in [0.25, 0.3) is 5.69 Å². The molecule has 0 bridgehead atoms. The minimum Gasteiger partial charge on any atom is -0.325 e. The molecule has 0 aliphatic heterocycles. The van der Waals surface area contributed by atoms with E-state index in [-0.39, 0.29) is 17.9 Å². The van der Waals surface area contributed by atoms with Crippen molar-refractivity contribution in [1.29, 1.82) is 0 Å². The molecule has 1 aromatic carbocycles. The van der Waals surface area contributed by atoms with Gasteiger partial charge in [-0.3, -0.25) is 0 Å². The Morgan fingerprint density at radius 2 is 2.05 bits per heavy atom. The van der Waals surface area contributed by atoms with Crippen molar-refractivity contribution in [2.24, 2.45) is 5.73 Å². The van der Waals surface area contributed by atoms with Gasteiger partial charge in [0.1, 0.15) is 5.69 Å². The van der Waals surface area contributed by atoms with Crippen LogP contribution in [0, 0.1) is 6.92 Å². The maximum Gasteiger partial charge on any atom is 0.435 e. The Labute approximate surface area is 112 Å². The lowest BCUT2D eigenvalue weighted by Crippen LogP contribution is -2.17. The minimum absolute atomic E-state index is 0.229. The topological polar surface area (TPSA) is 56.7 Å². The molecule has 0 aliphatic carbocycles. The summed E-state index contributed by atoms with van der Waals surface area (Å²) in [5.74, 6) is 0. The maximum atomic E-state index is 13.1. The summed E-state index contributed by atoms with van der Waals surface area (Å²) < 4.78 is 39.9. The summed E-state index contributed by atoms with van der Waals surface area (Å²) in [7, 11) is 0. The summed E-state index contributed by atoms with van der Waals surface area (Å²) in [5.41, 5.74) is 4.71. The Morgan fingerprint density at radius 3 is 2.63 bits per heavy atom. The van der Waals surface area contributed by atoms with Crippen molar-refractivity contribution in [1.82, 2.24) is 15.0 Å². The van der Waals surface area contributed by atoms with Crippen LogP contribution in [0.2, 0.25) is 5.02 Å². The van der Waals surface area contributed by atoms with E-state index in [0.29, 0.717) is 10.6 Å². The Hall–Kier alpha value is -1.60. The molecular weight excluding hydrogens is 281 g/mol. The standard InChI is InChI=1S/C11H10ClF3N4/c1-6-7(12)3-2-4-9(6)19-10(11(13,14)15)8(5-16)17-18-19/h2-4H,5,16H2,1H3. The molecular formula is C11H10ClF3N4. The first-order valence-corrected chi connectivity index (χ1v) is 5.71. The van der Waals surface area contributed by atoms with Crippen LogP contribution >= 0.6 is 11.6 Å². The Bertz CT molecular complexity index is 606. The fraction of sp³-hybridized carbons (Fsp3) is 0.273. The maximum absolute atomic E-state index is 13.1. The first-order valence-electron chi connectivity index (χ1n) is 5.33. The minimum atomic E-state index is -4.59. The molecule has 2 aromatic rings. The zero-order chi connectivity index (χ0) is 14.2. The summed E-state index contributed by atoms with van der Waals surface area (Å²) in [6, 6.07) is 4.63. The van der Waals surface area contributed by atoms with Crippen LogP contribution in [0.5, 0.6) is 0 Å². The lowest BCUT2D eigenvalue weighted by Gasteiger charge is -2.13. The van der Waals surface area contributed by atoms with E-state index in [1.807, 2.05) is 0 Å². The van der Waals surface area contributed by atoms with Crippen molar-refractivity contribution >= 4 is 11.6 Å². The largest absolute Gasteiger partial charge is 0.435 e. The van der Waals surface area contributed by atoms with Gasteiger partial charge in [-0.05, 0) is 24.6 Å². The summed E-state index contributed by atoms with van der Waals surface area (Å²) in [4.78, 5) is 0. The third kappa shape index (κ3) is 2.43. The molecule has 1 heterocycles. The average molecular weight is 291 g/mol. The van der Waals surface area contributed by atoms with E-state index >= 15 is 0 Å². The second-order valence-electron chi connectivity index (χ2n) is 3.88. The van der Waals surface area contributed by atoms with Crippen LogP contribution < -0.4 is 5.73 Å². The number of hydrogen-bond donors (Lipinski definition) is 1. The zero-order valence-corrected chi connectivity index (χ0v) is 10.6. The van der Waals surface area contributed by atoms with Gasteiger partial charge in [0.15, 0.2) is 5.69 Å². The highest BCUT2D eigenvalue weighted by Gasteiger charge is 2.39. The smallest absolute Gasteiger partial charge is 0.325 e. The fourth-order valence-corrected chi connectivity index (χ4v) is 1.90. The van der Waals surface area contributed by atoms with Crippen LogP contribution in [0.3, 0.4) is 0 Å². The normalized spacial score (nSPS) is 11.9. The van der Waals surface area contributed by atoms with Crippen molar-refractivity contribution < 1.29 is 13.2 Å². The van der Waals surface area contributed by atoms with Crippen LogP contribution in [0.15, 0.2) is 18.2 Å². The SMILES string of the molecule is Cc1c(Cl)cccc1-n1nnc(CN)c1C(F)(F)F. The van der Waals surface area contributed by atoms with Crippen molar-refractivity contribution in [2.45, 2.75) is 19.6 Å². The molecule has 4 nitrogen and oxygen atoms in total. The molecule has 0 radical (unpaired) electrons. The summed E-state index contributed by atoms with van der Waals surface area (Å²) in [6.45, 7) is 1.27. The molecule has 0 fully saturated rings. The van der Waals surface area contributed by atoms with E-state index in [0.717, 1.165) is 4.68 Å². The van der Waals surface area contributed by atoms with Gasteiger partial charge in [-0.25, -0.2) is 4.68 Å². The van der Waals surface area contributed by atoms with Crippen molar-refractivity contribution in [2.75, 3.05) is 0 Å². The van der Waals surface area contributed by atoms with Gasteiger partial charge in [0.05, 0.1) is 5.69 Å². The number of alkyl halides is 3. The summed E-state index contributed by atoms with van der Waals surface area (Å²) in [5, 5.41) is 7.36. The van der Waals surface area contributed by atoms with Gasteiger partial charge in [-0.2, -0.15) is 13.2 Å². The lowest BCUT2D eigenvalue weighted by molar-refractivity contribution is -0.143. The Balaban J connectivity index is 2.70. The van der Waals surface area contributed by atoms with Gasteiger partial charge < -0.3 is 5.73 Å². The monoisotopic (exact) mass is 290 g/mol. The number of nitrogens with two attached hydrogens (primary N) is 1. The molecule has 0 amide bonds. The van der Waals surface area contributed by atoms with E-state index in [2.05, 4.69) is 10.3 Å². The number of halogens is 4. The third-order valence-corrected chi connectivity index (χ3v) is 3.08. The van der Waals surface area contributed by atoms with Gasteiger partial charge in [0.25, 0.3) is 0 Å². The number of nitrogens with zero attached hydrogens (tertiary/aromatic N) is 3. The molecule has 0 atom stereocenters. The first-order chi connectivity index (χ1) is 8.86. The van der Waals surface area contributed by atoms with Crippen LogP contribution in [-0.2, 0) is 12.7 Å². The van der Waals surface area contributed by atoms with E-state index in [4.69, 9.17) is 17.3 Å². The first kappa shape index (κ1) is 13.8. The lowest BCUT2D eigenvalue weighted by atomic mass is 10.2. The zero-order valence-electron chi connectivity index (χ0n) is 9.87. The molecule has 0 spiro atoms. The number of rotatable bonds is 2. The molecule has 2 rings (SSSR count). The van der Waals surface area contributed by atoms with Crippen molar-refractivity contribution in [3.63, 3.8) is 0 Å². The van der Waals surface area contributed by atoms with Crippen molar-refractivity contribution in [3.05, 3.63) is 40.2 Å². The van der Waals surface area contributed by atoms with Gasteiger partial charge in [0, 0.05) is 11.6 Å². The summed E-state index contributed by atoms with van der Waals surface area (Å²) in [6.07, 6.45) is -4.59. The number of benzene rings is 1. The molecule has 102 valence electrons. The highest BCUT2D eigenvalue weighted by molar-refractivity contribution is 6.31. The predicted molar refractivity (Wildman–Crippen MR) is 64.0 cm³/mol. The molecule has 0 aliphatic rings. The van der Waals surface area contributed by atoms with Crippen LogP contribution in [-0.4, -0.2) is 15.0 Å². The summed E-state index contributed by atoms with van der Waals surface area (Å²) >= 11 is 5.90. The fourth-order valence-electron chi connectivity index (χ4n) is 1.73. The molecule has 8 heteroatoms. The molecule has 19 heavy (non-hydrogen) atoms. The quantitative estimate of drug-likeness (QED) is 0.925. The second kappa shape index (κ2) is 4.82. The van der Waals surface area contributed by atoms with E-state index in [1.165, 1.54) is 6.07 Å². The van der Waals surface area contributed by atoms with Gasteiger partial charge >= 0.3 is 6.18 Å². The Morgan fingerprint density at radius 1 is 1.37 bits per heavy atom. The highest BCUT2D eigenvalue weighted by atomic mass is 35.5. The van der Waals surface area contributed by atoms with Crippen molar-refractivity contribution in [3.8, 4) is 5.69 Å². The molecule has 2 N–H and O–H groups in total. The Kier molecular flexibility index (Phi) is 3.51. The number of aromatic nitrogens is 3. The highest BCUT2D eigenvalue weighted by Crippen LogP contribution is 2.34. The molecule has 0 saturated heterocycles. The van der Waals surface area contributed by atoms with Gasteiger partial charge in [0.2, 0.25) is 0 Å². The van der Waals surface area contributed by atoms with E-state index < -0.39 is 11.9 Å². The van der Waals surface area contributed by atoms with Crippen LogP contribution in [0.4, 0.5) is 13.2 Å². The predicted octanol–water partition coefficient (Wildman–Crippen LogP) is 2.71. The average Bonchev–Trinajstić information content (AvgIpc) is 2.76. The molecule has 0 saturated carbocycles. The molecule has 0 unspecified atom stereocenters. The molecule has 1 aromatic heterocycles. The van der Waals surface area contributed by atoms with E-state index in [9.17, 15) is 13.2 Å². The third-order valence-electron chi connectivity index (χ3n) is 2.67.